The molecular formula is C27H26O4S2. The van der Waals surface area contributed by atoms with E-state index in [0.29, 0.717) is 0 Å². The Morgan fingerprint density at radius 3 is 1.64 bits per heavy atom. The molecule has 1 atom stereocenters. The van der Waals surface area contributed by atoms with E-state index < -0.39 is 23.8 Å². The van der Waals surface area contributed by atoms with Crippen molar-refractivity contribution in [2.45, 2.75) is 33.6 Å². The van der Waals surface area contributed by atoms with E-state index in [1.54, 1.807) is 36.4 Å². The maximum atomic E-state index is 14.1. The molecule has 3 aromatic rings. The Bertz CT molecular complexity index is 1320. The van der Waals surface area contributed by atoms with Gasteiger partial charge in [0, 0.05) is 12.3 Å². The summed E-state index contributed by atoms with van der Waals surface area (Å²) >= 11 is 0. The van der Waals surface area contributed by atoms with Crippen molar-refractivity contribution in [1.82, 2.24) is 0 Å². The zero-order chi connectivity index (χ0) is 23.7. The summed E-state index contributed by atoms with van der Waals surface area (Å²) in [6.45, 7) is 5.90. The highest BCUT2D eigenvalue weighted by Crippen LogP contribution is 2.53. The highest BCUT2D eigenvalue weighted by atomic mass is 32.3. The number of sulfone groups is 2. The number of rotatable bonds is 6. The summed E-state index contributed by atoms with van der Waals surface area (Å²) in [5, 5.41) is 0. The third-order valence-corrected chi connectivity index (χ3v) is 12.0. The fraction of sp³-hybridized carbons (Fsp3) is 0.185. The van der Waals surface area contributed by atoms with Crippen molar-refractivity contribution in [2.75, 3.05) is 0 Å². The van der Waals surface area contributed by atoms with Gasteiger partial charge in [0.25, 0.3) is 0 Å². The van der Waals surface area contributed by atoms with Crippen molar-refractivity contribution >= 4 is 25.8 Å². The summed E-state index contributed by atoms with van der Waals surface area (Å²) in [5.41, 5.74) is 2.39. The molecule has 1 fully saturated rings. The number of hydrogen-bond donors (Lipinski definition) is 0. The molecule has 1 aliphatic carbocycles. The molecule has 0 spiro atoms. The van der Waals surface area contributed by atoms with E-state index in [1.165, 1.54) is 24.3 Å². The van der Waals surface area contributed by atoms with Crippen LogP contribution in [0.1, 0.15) is 25.3 Å². The van der Waals surface area contributed by atoms with Gasteiger partial charge in [-0.15, -0.1) is 0 Å². The third kappa shape index (κ3) is 3.98. The Balaban J connectivity index is 1.98. The van der Waals surface area contributed by atoms with Gasteiger partial charge in [0.2, 0.25) is 0 Å². The van der Waals surface area contributed by atoms with Gasteiger partial charge in [0.05, 0.1) is 9.79 Å². The predicted molar refractivity (Wildman–Crippen MR) is 132 cm³/mol. The van der Waals surface area contributed by atoms with Crippen LogP contribution in [0.15, 0.2) is 119 Å². The van der Waals surface area contributed by atoms with E-state index in [9.17, 15) is 16.8 Å². The Hall–Kier alpha value is -2.96. The summed E-state index contributed by atoms with van der Waals surface area (Å²) < 4.78 is 54.4. The van der Waals surface area contributed by atoms with E-state index >= 15 is 0 Å². The highest BCUT2D eigenvalue weighted by molar-refractivity contribution is 8.10. The molecule has 0 aromatic heterocycles. The van der Waals surface area contributed by atoms with Gasteiger partial charge in [-0.05, 0) is 43.2 Å². The summed E-state index contributed by atoms with van der Waals surface area (Å²) in [4.78, 5) is 0.0110. The molecule has 1 saturated carbocycles. The van der Waals surface area contributed by atoms with E-state index in [-0.39, 0.29) is 28.6 Å². The Morgan fingerprint density at radius 1 is 0.788 bits per heavy atom. The normalized spacial score (nSPS) is 19.4. The van der Waals surface area contributed by atoms with Crippen LogP contribution >= 0.6 is 0 Å². The molecule has 0 N–H and O–H groups in total. The summed E-state index contributed by atoms with van der Waals surface area (Å²) in [5.74, 6) is -0.373. The van der Waals surface area contributed by atoms with Gasteiger partial charge in [-0.3, -0.25) is 0 Å². The van der Waals surface area contributed by atoms with Crippen LogP contribution in [0.4, 0.5) is 0 Å². The second-order valence-corrected chi connectivity index (χ2v) is 13.2. The molecule has 0 bridgehead atoms. The molecule has 33 heavy (non-hydrogen) atoms. The van der Waals surface area contributed by atoms with Crippen LogP contribution < -0.4 is 0 Å². The standard InChI is InChI=1S/C27H26O4S2/c1-21(2)26-20-27(32(28,29)24-14-8-4-9-15-24,33(30,31)25-16-10-5-11-17-25)19-23(26)18-22-12-6-3-7-13-22/h3-18,26H,1,19-20H2,2H3/b23-18+. The van der Waals surface area contributed by atoms with Crippen molar-refractivity contribution < 1.29 is 16.8 Å². The van der Waals surface area contributed by atoms with Crippen molar-refractivity contribution in [3.05, 3.63) is 114 Å². The van der Waals surface area contributed by atoms with Crippen LogP contribution in [0.3, 0.4) is 0 Å². The summed E-state index contributed by atoms with van der Waals surface area (Å²) in [6, 6.07) is 25.3. The molecule has 0 radical (unpaired) electrons. The smallest absolute Gasteiger partial charge is 0.199 e. The monoisotopic (exact) mass is 478 g/mol. The topological polar surface area (TPSA) is 68.3 Å². The molecule has 1 aliphatic rings. The molecule has 1 unspecified atom stereocenters. The van der Waals surface area contributed by atoms with E-state index in [1.807, 2.05) is 43.3 Å². The van der Waals surface area contributed by atoms with Crippen molar-refractivity contribution in [1.29, 1.82) is 0 Å². The van der Waals surface area contributed by atoms with Gasteiger partial charge in [-0.2, -0.15) is 0 Å². The van der Waals surface area contributed by atoms with Crippen LogP contribution in [0, 0.1) is 5.92 Å². The second-order valence-electron chi connectivity index (χ2n) is 8.45. The van der Waals surface area contributed by atoms with Crippen molar-refractivity contribution in [2.24, 2.45) is 5.92 Å². The first-order chi connectivity index (χ1) is 15.7. The minimum Gasteiger partial charge on any atom is -0.222 e. The number of hydrogen-bond acceptors (Lipinski definition) is 4. The quantitative estimate of drug-likeness (QED) is 0.426. The maximum Gasteiger partial charge on any atom is 0.199 e. The molecule has 6 heteroatoms. The average Bonchev–Trinajstić information content (AvgIpc) is 3.23. The van der Waals surface area contributed by atoms with Gasteiger partial charge in [-0.1, -0.05) is 90.5 Å². The van der Waals surface area contributed by atoms with Crippen LogP contribution in [-0.2, 0) is 19.7 Å². The molecule has 4 nitrogen and oxygen atoms in total. The Morgan fingerprint density at radius 2 is 1.21 bits per heavy atom. The maximum absolute atomic E-state index is 14.1. The van der Waals surface area contributed by atoms with Gasteiger partial charge in [0.1, 0.15) is 0 Å². The van der Waals surface area contributed by atoms with E-state index in [0.717, 1.165) is 16.7 Å². The molecule has 0 saturated heterocycles. The van der Waals surface area contributed by atoms with Crippen molar-refractivity contribution in [3.63, 3.8) is 0 Å². The van der Waals surface area contributed by atoms with Crippen LogP contribution in [0.25, 0.3) is 6.08 Å². The molecule has 0 amide bonds. The SMILES string of the molecule is C=C(C)C1CC(S(=O)(=O)c2ccccc2)(S(=O)(=O)c2ccccc2)C/C1=C\c1ccccc1. The molecule has 0 heterocycles. The summed E-state index contributed by atoms with van der Waals surface area (Å²) in [7, 11) is -8.54. The fourth-order valence-corrected chi connectivity index (χ4v) is 9.65. The lowest BCUT2D eigenvalue weighted by Gasteiger charge is -2.29. The molecule has 170 valence electrons. The molecule has 3 aromatic carbocycles. The van der Waals surface area contributed by atoms with Crippen LogP contribution in [-0.4, -0.2) is 20.9 Å². The first-order valence-corrected chi connectivity index (χ1v) is 13.7. The van der Waals surface area contributed by atoms with Crippen molar-refractivity contribution in [3.8, 4) is 0 Å². The fourth-order valence-electron chi connectivity index (χ4n) is 4.54. The van der Waals surface area contributed by atoms with Crippen LogP contribution in [0.2, 0.25) is 0 Å². The lowest BCUT2D eigenvalue weighted by atomic mass is 9.94. The number of benzene rings is 3. The number of allylic oxidation sites excluding steroid dienone is 2. The predicted octanol–water partition coefficient (Wildman–Crippen LogP) is 5.70. The van der Waals surface area contributed by atoms with Gasteiger partial charge in [-0.25, -0.2) is 16.8 Å². The second kappa shape index (κ2) is 8.76. The van der Waals surface area contributed by atoms with Crippen LogP contribution in [0.5, 0.6) is 0 Å². The minimum absolute atomic E-state index is 0.00549. The van der Waals surface area contributed by atoms with E-state index in [4.69, 9.17) is 0 Å². The van der Waals surface area contributed by atoms with Gasteiger partial charge in [0.15, 0.2) is 23.8 Å². The zero-order valence-electron chi connectivity index (χ0n) is 18.4. The first kappa shape index (κ1) is 23.2. The third-order valence-electron chi connectivity index (χ3n) is 6.27. The van der Waals surface area contributed by atoms with Gasteiger partial charge < -0.3 is 0 Å². The zero-order valence-corrected chi connectivity index (χ0v) is 20.0. The largest absolute Gasteiger partial charge is 0.222 e. The average molecular weight is 479 g/mol. The summed E-state index contributed by atoms with van der Waals surface area (Å²) in [6.07, 6.45) is 1.71. The van der Waals surface area contributed by atoms with E-state index in [2.05, 4.69) is 6.58 Å². The molecule has 4 rings (SSSR count). The Labute approximate surface area is 196 Å². The first-order valence-electron chi connectivity index (χ1n) is 10.7. The lowest BCUT2D eigenvalue weighted by Crippen LogP contribution is -2.44. The van der Waals surface area contributed by atoms with Gasteiger partial charge >= 0.3 is 0 Å². The highest BCUT2D eigenvalue weighted by Gasteiger charge is 2.61. The Kier molecular flexibility index (Phi) is 6.16. The molecular weight excluding hydrogens is 452 g/mol. The minimum atomic E-state index is -4.27. The molecule has 0 aliphatic heterocycles. The lowest BCUT2D eigenvalue weighted by molar-refractivity contribution is 0.533.